The van der Waals surface area contributed by atoms with E-state index < -0.39 is 6.04 Å². The molecule has 246 valence electrons. The third kappa shape index (κ3) is 17.4. The molecule has 2 saturated carbocycles. The number of carbonyl (C=O) groups is 5. The minimum absolute atomic E-state index is 0.0482. The Morgan fingerprint density at radius 2 is 1.37 bits per heavy atom. The van der Waals surface area contributed by atoms with Gasteiger partial charge in [0.25, 0.3) is 0 Å². The van der Waals surface area contributed by atoms with Crippen molar-refractivity contribution in [1.29, 1.82) is 0 Å². The molecule has 8 N–H and O–H groups in total. The molecule has 0 unspecified atom stereocenters. The molecule has 0 aromatic heterocycles. The fraction of sp³-hybridized carbons (Fsp3) is 0.844. The fourth-order valence-electron chi connectivity index (χ4n) is 5.43. The van der Waals surface area contributed by atoms with Crippen molar-refractivity contribution in [2.45, 2.75) is 141 Å². The highest BCUT2D eigenvalue weighted by Crippen LogP contribution is 2.39. The van der Waals surface area contributed by atoms with E-state index in [0.29, 0.717) is 50.7 Å². The summed E-state index contributed by atoms with van der Waals surface area (Å²) in [6, 6.07) is -0.384. The summed E-state index contributed by atoms with van der Waals surface area (Å²) in [4.78, 5) is 60.8. The Labute approximate surface area is 258 Å². The molecule has 0 saturated heterocycles. The van der Waals surface area contributed by atoms with Crippen LogP contribution in [0.4, 0.5) is 0 Å². The van der Waals surface area contributed by atoms with Crippen LogP contribution >= 0.6 is 0 Å². The first-order valence-electron chi connectivity index (χ1n) is 16.8. The highest BCUT2D eigenvalue weighted by molar-refractivity contribution is 5.88. The number of hydrogen-bond acceptors (Lipinski definition) is 7. The molecule has 0 radical (unpaired) electrons. The Kier molecular flexibility index (Phi) is 18.1. The number of rotatable bonds is 28. The summed E-state index contributed by atoms with van der Waals surface area (Å²) in [6.45, 7) is 3.97. The molecule has 0 aliphatic heterocycles. The molecule has 11 nitrogen and oxygen atoms in total. The summed E-state index contributed by atoms with van der Waals surface area (Å²) < 4.78 is 0. The zero-order chi connectivity index (χ0) is 31.5. The lowest BCUT2D eigenvalue weighted by Gasteiger charge is -2.19. The molecule has 2 aliphatic rings. The lowest BCUT2D eigenvalue weighted by molar-refractivity contribution is -0.129. The summed E-state index contributed by atoms with van der Waals surface area (Å²) >= 11 is 0. The predicted octanol–water partition coefficient (Wildman–Crippen LogP) is 2.34. The molecule has 2 fully saturated rings. The molecule has 2 rings (SSSR count). The Hall–Kier alpha value is -2.53. The van der Waals surface area contributed by atoms with E-state index in [4.69, 9.17) is 11.5 Å². The van der Waals surface area contributed by atoms with E-state index in [0.717, 1.165) is 90.0 Å². The van der Waals surface area contributed by atoms with Crippen LogP contribution in [0.25, 0.3) is 0 Å². The smallest absolute Gasteiger partial charge is 0.242 e. The third-order valence-electron chi connectivity index (χ3n) is 8.44. The average molecular weight is 607 g/mol. The Morgan fingerprint density at radius 3 is 2.02 bits per heavy atom. The van der Waals surface area contributed by atoms with Crippen molar-refractivity contribution in [3.05, 3.63) is 0 Å². The largest absolute Gasteiger partial charge is 0.369 e. The van der Waals surface area contributed by atoms with Crippen molar-refractivity contribution >= 4 is 29.4 Å². The molecule has 2 aliphatic carbocycles. The standard InChI is InChI=1S/C32H58N6O5/c1-2-3-4-13-28(32(43)36-21-8-5-11-26(30(33)41)23-15-16-23)38-29(40)14-9-10-25(39)19-22-35-20-7-6-12-27(31(34)42)37-24-17-18-24/h23-24,26-28,35,37H,2-22H2,1H3,(H2,33,41)(H2,34,42)(H,36,43)(H,38,40)/t26-,27-,28+/m1/s1. The summed E-state index contributed by atoms with van der Waals surface area (Å²) in [5, 5.41) is 12.4. The molecule has 0 aromatic rings. The molecule has 0 heterocycles. The van der Waals surface area contributed by atoms with Gasteiger partial charge >= 0.3 is 0 Å². The van der Waals surface area contributed by atoms with E-state index in [2.05, 4.69) is 28.2 Å². The van der Waals surface area contributed by atoms with Gasteiger partial charge in [-0.1, -0.05) is 39.0 Å². The van der Waals surface area contributed by atoms with Gasteiger partial charge in [0.05, 0.1) is 6.04 Å². The maximum atomic E-state index is 12.8. The topological polar surface area (TPSA) is 186 Å². The fourth-order valence-corrected chi connectivity index (χ4v) is 5.43. The van der Waals surface area contributed by atoms with Crippen molar-refractivity contribution in [2.24, 2.45) is 23.3 Å². The number of nitrogens with two attached hydrogens (primary N) is 2. The SMILES string of the molecule is CCCCC[C@H](NC(=O)CCCC(=O)CCNCCCC[C@@H](NC1CC1)C(N)=O)C(=O)NCCCC[C@@H](C(N)=O)C1CC1. The number of ketones is 1. The second-order valence-corrected chi connectivity index (χ2v) is 12.5. The van der Waals surface area contributed by atoms with Gasteiger partial charge in [-0.15, -0.1) is 0 Å². The minimum atomic E-state index is -0.577. The Balaban J connectivity index is 1.54. The minimum Gasteiger partial charge on any atom is -0.369 e. The van der Waals surface area contributed by atoms with Crippen LogP contribution in [0.1, 0.15) is 122 Å². The van der Waals surface area contributed by atoms with Crippen LogP contribution in [0.5, 0.6) is 0 Å². The van der Waals surface area contributed by atoms with Crippen LogP contribution in [0.15, 0.2) is 0 Å². The van der Waals surface area contributed by atoms with E-state index in [1.165, 1.54) is 0 Å². The van der Waals surface area contributed by atoms with Crippen LogP contribution in [0.2, 0.25) is 0 Å². The molecule has 43 heavy (non-hydrogen) atoms. The maximum absolute atomic E-state index is 12.8. The molecule has 0 aromatic carbocycles. The lowest BCUT2D eigenvalue weighted by atomic mass is 9.96. The van der Waals surface area contributed by atoms with Crippen molar-refractivity contribution in [2.75, 3.05) is 19.6 Å². The van der Waals surface area contributed by atoms with Crippen LogP contribution < -0.4 is 32.7 Å². The van der Waals surface area contributed by atoms with Crippen LogP contribution in [0.3, 0.4) is 0 Å². The monoisotopic (exact) mass is 606 g/mol. The third-order valence-corrected chi connectivity index (χ3v) is 8.44. The van der Waals surface area contributed by atoms with Gasteiger partial charge in [0.2, 0.25) is 23.6 Å². The number of Topliss-reactive ketones (excluding diaryl/α,β-unsaturated/α-hetero) is 1. The lowest BCUT2D eigenvalue weighted by Crippen LogP contribution is -2.47. The Morgan fingerprint density at radius 1 is 0.698 bits per heavy atom. The first-order valence-corrected chi connectivity index (χ1v) is 16.8. The van der Waals surface area contributed by atoms with Crippen molar-refractivity contribution in [1.82, 2.24) is 21.3 Å². The summed E-state index contributed by atoms with van der Waals surface area (Å²) in [5.74, 6) is -0.388. The van der Waals surface area contributed by atoms with Gasteiger partial charge in [0, 0.05) is 44.3 Å². The van der Waals surface area contributed by atoms with Crippen molar-refractivity contribution in [3.8, 4) is 0 Å². The Bertz CT molecular complexity index is 876. The molecule has 3 atom stereocenters. The van der Waals surface area contributed by atoms with Crippen LogP contribution in [-0.4, -0.2) is 67.2 Å². The molecule has 11 heteroatoms. The predicted molar refractivity (Wildman–Crippen MR) is 168 cm³/mol. The summed E-state index contributed by atoms with van der Waals surface area (Å²) in [7, 11) is 0. The van der Waals surface area contributed by atoms with E-state index in [-0.39, 0.29) is 47.8 Å². The van der Waals surface area contributed by atoms with E-state index in [1.807, 2.05) is 0 Å². The summed E-state index contributed by atoms with van der Waals surface area (Å²) in [5.41, 5.74) is 11.0. The number of amides is 4. The van der Waals surface area contributed by atoms with Gasteiger partial charge in [-0.2, -0.15) is 0 Å². The number of hydrogen-bond donors (Lipinski definition) is 6. The van der Waals surface area contributed by atoms with Gasteiger partial charge in [-0.25, -0.2) is 0 Å². The van der Waals surface area contributed by atoms with Gasteiger partial charge in [-0.05, 0) is 76.7 Å². The number of primary amides is 2. The number of nitrogens with one attached hydrogen (secondary N) is 4. The highest BCUT2D eigenvalue weighted by atomic mass is 16.2. The van der Waals surface area contributed by atoms with Crippen LogP contribution in [0, 0.1) is 11.8 Å². The first kappa shape index (κ1) is 36.7. The van der Waals surface area contributed by atoms with Crippen molar-refractivity contribution in [3.63, 3.8) is 0 Å². The second kappa shape index (κ2) is 21.2. The first-order chi connectivity index (χ1) is 20.7. The molecular formula is C32H58N6O5. The van der Waals surface area contributed by atoms with Gasteiger partial charge in [0.15, 0.2) is 0 Å². The molecule has 4 amide bonds. The highest BCUT2D eigenvalue weighted by Gasteiger charge is 2.34. The quantitative estimate of drug-likeness (QED) is 0.0738. The zero-order valence-corrected chi connectivity index (χ0v) is 26.4. The van der Waals surface area contributed by atoms with Gasteiger partial charge in [0.1, 0.15) is 11.8 Å². The molecule has 0 spiro atoms. The van der Waals surface area contributed by atoms with Gasteiger partial charge < -0.3 is 32.7 Å². The van der Waals surface area contributed by atoms with E-state index in [1.54, 1.807) is 0 Å². The number of unbranched alkanes of at least 4 members (excludes halogenated alkanes) is 4. The van der Waals surface area contributed by atoms with Gasteiger partial charge in [-0.3, -0.25) is 24.0 Å². The average Bonchev–Trinajstić information content (AvgIpc) is 3.89. The van der Waals surface area contributed by atoms with Crippen molar-refractivity contribution < 1.29 is 24.0 Å². The van der Waals surface area contributed by atoms with E-state index in [9.17, 15) is 24.0 Å². The normalized spacial score (nSPS) is 16.7. The molecule has 0 bridgehead atoms. The summed E-state index contributed by atoms with van der Waals surface area (Å²) in [6.07, 6.45) is 14.1. The van der Waals surface area contributed by atoms with Crippen LogP contribution in [-0.2, 0) is 24.0 Å². The molecular weight excluding hydrogens is 548 g/mol. The zero-order valence-electron chi connectivity index (χ0n) is 26.4. The van der Waals surface area contributed by atoms with E-state index >= 15 is 0 Å². The maximum Gasteiger partial charge on any atom is 0.242 e. The number of carbonyl (C=O) groups excluding carboxylic acids is 5. The second-order valence-electron chi connectivity index (χ2n) is 12.5.